The molecule has 2 aromatic carbocycles. The standard InChI is InChI=1S/C20H20N4O3/c25-19-13-21-24(17-7-3-1-5-15(17)19)14-20(26)22-16-6-2-4-8-18(16)23-9-11-27-12-10-23/h1-8,13H,9-12,14H2,(H,22,26). The molecule has 1 N–H and O–H groups in total. The molecule has 2 heterocycles. The Labute approximate surface area is 156 Å². The van der Waals surface area contributed by atoms with Crippen LogP contribution in [0.1, 0.15) is 0 Å². The van der Waals surface area contributed by atoms with E-state index in [1.807, 2.05) is 30.3 Å². The Kier molecular flexibility index (Phi) is 4.84. The number of benzene rings is 2. The fourth-order valence-electron chi connectivity index (χ4n) is 3.27. The van der Waals surface area contributed by atoms with Crippen molar-refractivity contribution in [1.29, 1.82) is 0 Å². The molecule has 0 atom stereocenters. The Morgan fingerprint density at radius 1 is 1.07 bits per heavy atom. The highest BCUT2D eigenvalue weighted by Gasteiger charge is 2.16. The molecule has 1 saturated heterocycles. The van der Waals surface area contributed by atoms with Crippen molar-refractivity contribution >= 4 is 28.2 Å². The van der Waals surface area contributed by atoms with Gasteiger partial charge < -0.3 is 15.0 Å². The zero-order valence-corrected chi connectivity index (χ0v) is 14.8. The van der Waals surface area contributed by atoms with E-state index in [-0.39, 0.29) is 17.9 Å². The predicted octanol–water partition coefficient (Wildman–Crippen LogP) is 1.87. The van der Waals surface area contributed by atoms with E-state index in [1.54, 1.807) is 22.9 Å². The first-order valence-electron chi connectivity index (χ1n) is 8.89. The van der Waals surface area contributed by atoms with E-state index in [0.717, 1.165) is 24.5 Å². The molecule has 1 aromatic heterocycles. The van der Waals surface area contributed by atoms with Gasteiger partial charge in [-0.3, -0.25) is 14.3 Å². The molecule has 0 unspecified atom stereocenters. The first-order chi connectivity index (χ1) is 13.2. The lowest BCUT2D eigenvalue weighted by Crippen LogP contribution is -2.36. The average Bonchev–Trinajstić information content (AvgIpc) is 2.71. The van der Waals surface area contributed by atoms with Crippen molar-refractivity contribution in [1.82, 2.24) is 9.78 Å². The van der Waals surface area contributed by atoms with Crippen molar-refractivity contribution in [2.45, 2.75) is 6.54 Å². The second kappa shape index (κ2) is 7.59. The van der Waals surface area contributed by atoms with Gasteiger partial charge in [-0.15, -0.1) is 0 Å². The second-order valence-corrected chi connectivity index (χ2v) is 6.35. The number of morpholine rings is 1. The Morgan fingerprint density at radius 2 is 1.81 bits per heavy atom. The third-order valence-electron chi connectivity index (χ3n) is 4.59. The maximum absolute atomic E-state index is 12.7. The van der Waals surface area contributed by atoms with Gasteiger partial charge in [0.2, 0.25) is 11.3 Å². The fraction of sp³-hybridized carbons (Fsp3) is 0.250. The maximum atomic E-state index is 12.7. The van der Waals surface area contributed by atoms with E-state index in [0.29, 0.717) is 24.1 Å². The number of nitrogens with one attached hydrogen (secondary N) is 1. The van der Waals surface area contributed by atoms with Crippen molar-refractivity contribution in [2.24, 2.45) is 0 Å². The molecule has 0 spiro atoms. The lowest BCUT2D eigenvalue weighted by Gasteiger charge is -2.30. The first kappa shape index (κ1) is 17.2. The van der Waals surface area contributed by atoms with Crippen LogP contribution in [0, 0.1) is 0 Å². The quantitative estimate of drug-likeness (QED) is 0.765. The van der Waals surface area contributed by atoms with Crippen LogP contribution in [0.25, 0.3) is 10.9 Å². The van der Waals surface area contributed by atoms with Gasteiger partial charge in [0.05, 0.1) is 36.3 Å². The fourth-order valence-corrected chi connectivity index (χ4v) is 3.27. The molecule has 0 saturated carbocycles. The van der Waals surface area contributed by atoms with Crippen molar-refractivity contribution in [3.05, 3.63) is 65.0 Å². The molecule has 1 amide bonds. The number of hydrogen-bond donors (Lipinski definition) is 1. The van der Waals surface area contributed by atoms with Crippen LogP contribution in [0.4, 0.5) is 11.4 Å². The van der Waals surface area contributed by atoms with E-state index in [9.17, 15) is 9.59 Å². The van der Waals surface area contributed by atoms with E-state index < -0.39 is 0 Å². The molecule has 0 bridgehead atoms. The molecule has 4 rings (SSSR count). The summed E-state index contributed by atoms with van der Waals surface area (Å²) in [6.07, 6.45) is 1.25. The smallest absolute Gasteiger partial charge is 0.246 e. The molecule has 1 aliphatic rings. The van der Waals surface area contributed by atoms with Gasteiger partial charge in [0.1, 0.15) is 6.54 Å². The molecule has 1 fully saturated rings. The number of carbonyl (C=O) groups excluding carboxylic acids is 1. The number of anilines is 2. The maximum Gasteiger partial charge on any atom is 0.246 e. The minimum atomic E-state index is -0.197. The minimum absolute atomic E-state index is 0.0260. The molecule has 0 radical (unpaired) electrons. The summed E-state index contributed by atoms with van der Waals surface area (Å²) in [5, 5.41) is 7.64. The van der Waals surface area contributed by atoms with Gasteiger partial charge in [-0.1, -0.05) is 24.3 Å². The first-order valence-corrected chi connectivity index (χ1v) is 8.89. The van der Waals surface area contributed by atoms with Crippen molar-refractivity contribution in [3.8, 4) is 0 Å². The van der Waals surface area contributed by atoms with Gasteiger partial charge in [0.25, 0.3) is 0 Å². The third kappa shape index (κ3) is 3.68. The minimum Gasteiger partial charge on any atom is -0.378 e. The van der Waals surface area contributed by atoms with Gasteiger partial charge >= 0.3 is 0 Å². The largest absolute Gasteiger partial charge is 0.378 e. The summed E-state index contributed by atoms with van der Waals surface area (Å²) >= 11 is 0. The number of rotatable bonds is 4. The number of hydrogen-bond acceptors (Lipinski definition) is 5. The highest BCUT2D eigenvalue weighted by atomic mass is 16.5. The lowest BCUT2D eigenvalue weighted by atomic mass is 10.2. The number of amides is 1. The van der Waals surface area contributed by atoms with Crippen molar-refractivity contribution in [3.63, 3.8) is 0 Å². The lowest BCUT2D eigenvalue weighted by molar-refractivity contribution is -0.116. The highest BCUT2D eigenvalue weighted by Crippen LogP contribution is 2.26. The molecule has 0 aliphatic carbocycles. The predicted molar refractivity (Wildman–Crippen MR) is 104 cm³/mol. The van der Waals surface area contributed by atoms with E-state index in [4.69, 9.17) is 4.74 Å². The highest BCUT2D eigenvalue weighted by molar-refractivity contribution is 5.95. The number of aromatic nitrogens is 2. The number of fused-ring (bicyclic) bond motifs is 1. The molecule has 7 heteroatoms. The SMILES string of the molecule is O=C(Cn1ncc(=O)c2ccccc21)Nc1ccccc1N1CCOCC1. The van der Waals surface area contributed by atoms with Gasteiger partial charge in [0, 0.05) is 18.5 Å². The van der Waals surface area contributed by atoms with Crippen molar-refractivity contribution in [2.75, 3.05) is 36.5 Å². The van der Waals surface area contributed by atoms with Crippen LogP contribution < -0.4 is 15.6 Å². The normalized spacial score (nSPS) is 14.3. The van der Waals surface area contributed by atoms with Gasteiger partial charge in [-0.2, -0.15) is 5.10 Å². The van der Waals surface area contributed by atoms with Crippen LogP contribution in [0.2, 0.25) is 0 Å². The molecular weight excluding hydrogens is 344 g/mol. The average molecular weight is 364 g/mol. The zero-order valence-electron chi connectivity index (χ0n) is 14.8. The summed E-state index contributed by atoms with van der Waals surface area (Å²) in [5.74, 6) is -0.197. The van der Waals surface area contributed by atoms with Gasteiger partial charge in [-0.25, -0.2) is 0 Å². The number of para-hydroxylation sites is 3. The van der Waals surface area contributed by atoms with Crippen LogP contribution in [-0.4, -0.2) is 42.0 Å². The Morgan fingerprint density at radius 3 is 2.67 bits per heavy atom. The van der Waals surface area contributed by atoms with Gasteiger partial charge in [0.15, 0.2) is 0 Å². The summed E-state index contributed by atoms with van der Waals surface area (Å²) in [4.78, 5) is 26.8. The molecular formula is C20H20N4O3. The second-order valence-electron chi connectivity index (χ2n) is 6.35. The summed E-state index contributed by atoms with van der Waals surface area (Å²) in [6, 6.07) is 14.9. The Hall–Kier alpha value is -3.19. The number of ether oxygens (including phenoxy) is 1. The van der Waals surface area contributed by atoms with E-state index >= 15 is 0 Å². The van der Waals surface area contributed by atoms with Crippen LogP contribution in [0.15, 0.2) is 59.5 Å². The monoisotopic (exact) mass is 364 g/mol. The molecule has 27 heavy (non-hydrogen) atoms. The van der Waals surface area contributed by atoms with Crippen LogP contribution in [0.3, 0.4) is 0 Å². The summed E-state index contributed by atoms with van der Waals surface area (Å²) in [6.45, 7) is 2.96. The van der Waals surface area contributed by atoms with Gasteiger partial charge in [-0.05, 0) is 24.3 Å². The molecule has 138 valence electrons. The Bertz CT molecular complexity index is 1020. The summed E-state index contributed by atoms with van der Waals surface area (Å²) < 4.78 is 6.95. The Balaban J connectivity index is 1.56. The number of carbonyl (C=O) groups is 1. The van der Waals surface area contributed by atoms with E-state index in [2.05, 4.69) is 15.3 Å². The van der Waals surface area contributed by atoms with Crippen LogP contribution in [0.5, 0.6) is 0 Å². The zero-order chi connectivity index (χ0) is 18.6. The van der Waals surface area contributed by atoms with Crippen molar-refractivity contribution < 1.29 is 9.53 Å². The molecule has 7 nitrogen and oxygen atoms in total. The number of nitrogens with zero attached hydrogens (tertiary/aromatic N) is 3. The third-order valence-corrected chi connectivity index (χ3v) is 4.59. The van der Waals surface area contributed by atoms with E-state index in [1.165, 1.54) is 6.20 Å². The summed E-state index contributed by atoms with van der Waals surface area (Å²) in [7, 11) is 0. The summed E-state index contributed by atoms with van der Waals surface area (Å²) in [5.41, 5.74) is 2.23. The van der Waals surface area contributed by atoms with Crippen LogP contribution in [-0.2, 0) is 16.1 Å². The molecule has 1 aliphatic heterocycles. The topological polar surface area (TPSA) is 76.5 Å². The van der Waals surface area contributed by atoms with Crippen LogP contribution >= 0.6 is 0 Å². The molecule has 3 aromatic rings.